The number of hydrogen-bond acceptors (Lipinski definition) is 3. The van der Waals surface area contributed by atoms with Crippen LogP contribution in [0.5, 0.6) is 0 Å². The van der Waals surface area contributed by atoms with Gasteiger partial charge >= 0.3 is 0 Å². The minimum Gasteiger partial charge on any atom is -0.315 e. The first-order valence-electron chi connectivity index (χ1n) is 6.03. The van der Waals surface area contributed by atoms with E-state index < -0.39 is 0 Å². The van der Waals surface area contributed by atoms with Crippen LogP contribution in [-0.2, 0) is 6.54 Å². The zero-order chi connectivity index (χ0) is 11.0. The third-order valence-corrected chi connectivity index (χ3v) is 4.82. The predicted molar refractivity (Wildman–Crippen MR) is 76.4 cm³/mol. The molecule has 1 saturated carbocycles. The van der Waals surface area contributed by atoms with E-state index in [9.17, 15) is 0 Å². The van der Waals surface area contributed by atoms with Crippen molar-refractivity contribution in [3.05, 3.63) is 21.3 Å². The molecule has 0 aromatic carbocycles. The van der Waals surface area contributed by atoms with Crippen LogP contribution < -0.4 is 5.32 Å². The molecule has 2 aliphatic rings. The van der Waals surface area contributed by atoms with Gasteiger partial charge in [0.2, 0.25) is 0 Å². The molecule has 1 saturated heterocycles. The summed E-state index contributed by atoms with van der Waals surface area (Å²) in [6, 6.07) is 3.72. The van der Waals surface area contributed by atoms with Gasteiger partial charge in [-0.2, -0.15) is 0 Å². The maximum atomic E-state index is 6.19. The first kappa shape index (κ1) is 13.6. The highest BCUT2D eigenvalue weighted by molar-refractivity contribution is 7.14. The minimum atomic E-state index is 0. The second kappa shape index (κ2) is 5.89. The van der Waals surface area contributed by atoms with E-state index in [-0.39, 0.29) is 12.4 Å². The van der Waals surface area contributed by atoms with Crippen molar-refractivity contribution in [2.75, 3.05) is 13.1 Å². The highest BCUT2D eigenvalue weighted by Gasteiger charge is 2.35. The Balaban J connectivity index is 0.00000108. The molecule has 1 aromatic heterocycles. The third-order valence-electron chi connectivity index (χ3n) is 3.57. The lowest BCUT2D eigenvalue weighted by atomic mass is 10.2. The molecule has 0 radical (unpaired) electrons. The number of thiophene rings is 1. The molecular formula is C12H18Cl2N2S. The highest BCUT2D eigenvalue weighted by atomic mass is 35.5. The monoisotopic (exact) mass is 292 g/mol. The lowest BCUT2D eigenvalue weighted by molar-refractivity contribution is 0.189. The molecule has 2 nitrogen and oxygen atoms in total. The predicted octanol–water partition coefficient (Wildman–Crippen LogP) is 3.15. The van der Waals surface area contributed by atoms with Crippen LogP contribution in [0.4, 0.5) is 0 Å². The number of hydrogen-bond donors (Lipinski definition) is 1. The van der Waals surface area contributed by atoms with Gasteiger partial charge in [-0.05, 0) is 42.8 Å². The Kier molecular flexibility index (Phi) is 4.72. The van der Waals surface area contributed by atoms with Gasteiger partial charge in [0.1, 0.15) is 0 Å². The average Bonchev–Trinajstić information content (AvgIpc) is 2.82. The zero-order valence-corrected chi connectivity index (χ0v) is 12.1. The van der Waals surface area contributed by atoms with Crippen LogP contribution in [0.3, 0.4) is 0 Å². The van der Waals surface area contributed by atoms with Gasteiger partial charge in [0, 0.05) is 25.2 Å². The van der Waals surface area contributed by atoms with Gasteiger partial charge in [0.05, 0.1) is 4.34 Å². The summed E-state index contributed by atoms with van der Waals surface area (Å²) in [5.41, 5.74) is 1.31. The zero-order valence-electron chi connectivity index (χ0n) is 9.69. The van der Waals surface area contributed by atoms with E-state index >= 15 is 0 Å². The second-order valence-electron chi connectivity index (χ2n) is 4.77. The maximum Gasteiger partial charge on any atom is 0.0973 e. The quantitative estimate of drug-likeness (QED) is 0.917. The van der Waals surface area contributed by atoms with Crippen molar-refractivity contribution in [2.45, 2.75) is 37.9 Å². The Morgan fingerprint density at radius 2 is 2.18 bits per heavy atom. The Bertz CT molecular complexity index is 359. The fraction of sp³-hybridized carbons (Fsp3) is 0.667. The third kappa shape index (κ3) is 3.15. The SMILES string of the molecule is Cl.Clc1sccc1CN(C1CC1)C1CCNC1. The van der Waals surface area contributed by atoms with Crippen molar-refractivity contribution in [1.29, 1.82) is 0 Å². The normalized spacial score (nSPS) is 24.0. The molecule has 5 heteroatoms. The summed E-state index contributed by atoms with van der Waals surface area (Å²) in [6.07, 6.45) is 4.04. The molecule has 2 fully saturated rings. The molecule has 1 aromatic rings. The van der Waals surface area contributed by atoms with Crippen LogP contribution in [0.1, 0.15) is 24.8 Å². The van der Waals surface area contributed by atoms with Crippen LogP contribution in [0.2, 0.25) is 4.34 Å². The van der Waals surface area contributed by atoms with Gasteiger partial charge in [-0.25, -0.2) is 0 Å². The average molecular weight is 293 g/mol. The first-order valence-corrected chi connectivity index (χ1v) is 7.28. The van der Waals surface area contributed by atoms with Gasteiger partial charge in [-0.1, -0.05) is 11.6 Å². The van der Waals surface area contributed by atoms with Gasteiger partial charge in [0.15, 0.2) is 0 Å². The largest absolute Gasteiger partial charge is 0.315 e. The molecule has 0 spiro atoms. The molecule has 1 atom stereocenters. The van der Waals surface area contributed by atoms with E-state index in [1.807, 2.05) is 0 Å². The molecule has 1 aliphatic carbocycles. The summed E-state index contributed by atoms with van der Waals surface area (Å²) in [5.74, 6) is 0. The molecule has 0 bridgehead atoms. The van der Waals surface area contributed by atoms with Crippen LogP contribution >= 0.6 is 35.3 Å². The summed E-state index contributed by atoms with van der Waals surface area (Å²) < 4.78 is 0.969. The van der Waals surface area contributed by atoms with Crippen LogP contribution in [0, 0.1) is 0 Å². The minimum absolute atomic E-state index is 0. The Labute approximate surface area is 118 Å². The molecule has 2 heterocycles. The van der Waals surface area contributed by atoms with E-state index in [4.69, 9.17) is 11.6 Å². The van der Waals surface area contributed by atoms with Gasteiger partial charge < -0.3 is 5.32 Å². The molecule has 1 aliphatic heterocycles. The summed E-state index contributed by atoms with van der Waals surface area (Å²) in [4.78, 5) is 2.66. The number of halogens is 2. The molecule has 96 valence electrons. The Hall–Kier alpha value is 0.200. The molecular weight excluding hydrogens is 275 g/mol. The number of nitrogens with one attached hydrogen (secondary N) is 1. The lowest BCUT2D eigenvalue weighted by Crippen LogP contribution is -2.38. The maximum absolute atomic E-state index is 6.19. The van der Waals surface area contributed by atoms with Gasteiger partial charge in [0.25, 0.3) is 0 Å². The van der Waals surface area contributed by atoms with E-state index in [2.05, 4.69) is 21.7 Å². The van der Waals surface area contributed by atoms with Crippen molar-refractivity contribution in [3.8, 4) is 0 Å². The highest BCUT2D eigenvalue weighted by Crippen LogP contribution is 2.33. The van der Waals surface area contributed by atoms with E-state index in [0.29, 0.717) is 0 Å². The fourth-order valence-electron chi connectivity index (χ4n) is 2.51. The van der Waals surface area contributed by atoms with Gasteiger partial charge in [-0.3, -0.25) is 4.90 Å². The van der Waals surface area contributed by atoms with Crippen molar-refractivity contribution >= 4 is 35.3 Å². The Morgan fingerprint density at radius 3 is 2.71 bits per heavy atom. The standard InChI is InChI=1S/C12H17ClN2S.ClH/c13-12-9(4-6-16-12)8-15(10-1-2-10)11-3-5-14-7-11;/h4,6,10-11,14H,1-3,5,7-8H2;1H. The summed E-state index contributed by atoms with van der Waals surface area (Å²) in [6.45, 7) is 3.36. The fourth-order valence-corrected chi connectivity index (χ4v) is 3.43. The van der Waals surface area contributed by atoms with Crippen molar-refractivity contribution in [1.82, 2.24) is 10.2 Å². The molecule has 1 unspecified atom stereocenters. The smallest absolute Gasteiger partial charge is 0.0973 e. The number of rotatable bonds is 4. The molecule has 0 amide bonds. The van der Waals surface area contributed by atoms with Crippen LogP contribution in [0.25, 0.3) is 0 Å². The molecule has 1 N–H and O–H groups in total. The summed E-state index contributed by atoms with van der Waals surface area (Å²) in [5, 5.41) is 5.55. The topological polar surface area (TPSA) is 15.3 Å². The Morgan fingerprint density at radius 1 is 1.35 bits per heavy atom. The molecule has 3 rings (SSSR count). The van der Waals surface area contributed by atoms with E-state index in [0.717, 1.165) is 29.5 Å². The lowest BCUT2D eigenvalue weighted by Gasteiger charge is -2.28. The second-order valence-corrected chi connectivity index (χ2v) is 6.29. The van der Waals surface area contributed by atoms with Crippen LogP contribution in [-0.4, -0.2) is 30.1 Å². The first-order chi connectivity index (χ1) is 7.84. The van der Waals surface area contributed by atoms with Crippen molar-refractivity contribution < 1.29 is 0 Å². The molecule has 17 heavy (non-hydrogen) atoms. The van der Waals surface area contributed by atoms with Crippen molar-refractivity contribution in [3.63, 3.8) is 0 Å². The van der Waals surface area contributed by atoms with Gasteiger partial charge in [-0.15, -0.1) is 23.7 Å². The van der Waals surface area contributed by atoms with Crippen molar-refractivity contribution in [2.24, 2.45) is 0 Å². The number of nitrogens with zero attached hydrogens (tertiary/aromatic N) is 1. The van der Waals surface area contributed by atoms with E-state index in [1.54, 1.807) is 11.3 Å². The summed E-state index contributed by atoms with van der Waals surface area (Å²) >= 11 is 7.84. The summed E-state index contributed by atoms with van der Waals surface area (Å²) in [7, 11) is 0. The van der Waals surface area contributed by atoms with Crippen LogP contribution in [0.15, 0.2) is 11.4 Å². The van der Waals surface area contributed by atoms with E-state index in [1.165, 1.54) is 31.4 Å².